The first-order valence-corrected chi connectivity index (χ1v) is 8.46. The number of methoxy groups -OCH3 is 1. The number of benzene rings is 1. The summed E-state index contributed by atoms with van der Waals surface area (Å²) >= 11 is 6.06. The molecule has 0 radical (unpaired) electrons. The summed E-state index contributed by atoms with van der Waals surface area (Å²) in [5, 5.41) is 3.23. The first kappa shape index (κ1) is 19.8. The first-order chi connectivity index (χ1) is 12.1. The van der Waals surface area contributed by atoms with Gasteiger partial charge in [0.2, 0.25) is 0 Å². The van der Waals surface area contributed by atoms with Crippen LogP contribution in [0.15, 0.2) is 16.5 Å². The van der Waals surface area contributed by atoms with Crippen molar-refractivity contribution < 1.29 is 23.5 Å². The number of hydrogen-bond donors (Lipinski definition) is 1. The van der Waals surface area contributed by atoms with E-state index in [-0.39, 0.29) is 0 Å². The summed E-state index contributed by atoms with van der Waals surface area (Å²) in [7, 11) is 1.48. The second-order valence-corrected chi connectivity index (χ2v) is 6.46. The zero-order valence-corrected chi connectivity index (χ0v) is 16.4. The maximum Gasteiger partial charge on any atom is 0.342 e. The normalized spacial score (nSPS) is 11.8. The van der Waals surface area contributed by atoms with E-state index in [1.165, 1.54) is 14.0 Å². The summed E-state index contributed by atoms with van der Waals surface area (Å²) in [6.45, 7) is 8.54. The number of nitrogens with one attached hydrogen (secondary N) is 1. The lowest BCUT2D eigenvalue weighted by atomic mass is 10.1. The number of rotatable bonds is 5. The minimum absolute atomic E-state index is 0.349. The first-order valence-electron chi connectivity index (χ1n) is 8.08. The molecule has 7 heteroatoms. The predicted octanol–water partition coefficient (Wildman–Crippen LogP) is 4.36. The number of carbonyl (C=O) groups excluding carboxylic acids is 2. The highest BCUT2D eigenvalue weighted by atomic mass is 35.5. The molecule has 1 amide bonds. The topological polar surface area (TPSA) is 77.8 Å². The van der Waals surface area contributed by atoms with Crippen molar-refractivity contribution in [2.24, 2.45) is 0 Å². The highest BCUT2D eigenvalue weighted by Gasteiger charge is 2.25. The molecular weight excluding hydrogens is 358 g/mol. The lowest BCUT2D eigenvalue weighted by Crippen LogP contribution is -2.30. The number of hydrogen-bond acceptors (Lipinski definition) is 5. The molecular formula is C19H22ClNO5. The Bertz CT molecular complexity index is 856. The van der Waals surface area contributed by atoms with E-state index in [2.05, 4.69) is 5.32 Å². The fourth-order valence-corrected chi connectivity index (χ4v) is 2.68. The van der Waals surface area contributed by atoms with E-state index in [9.17, 15) is 9.59 Å². The largest absolute Gasteiger partial charge is 0.495 e. The molecule has 6 nitrogen and oxygen atoms in total. The molecule has 1 aromatic carbocycles. The quantitative estimate of drug-likeness (QED) is 0.781. The Kier molecular flexibility index (Phi) is 5.97. The van der Waals surface area contributed by atoms with Gasteiger partial charge in [-0.15, -0.1) is 0 Å². The Morgan fingerprint density at radius 2 is 1.81 bits per heavy atom. The van der Waals surface area contributed by atoms with Crippen molar-refractivity contribution in [2.45, 2.75) is 40.7 Å². The highest BCUT2D eigenvalue weighted by Crippen LogP contribution is 2.31. The van der Waals surface area contributed by atoms with Gasteiger partial charge in [0.15, 0.2) is 6.10 Å². The molecule has 1 atom stereocenters. The van der Waals surface area contributed by atoms with Crippen LogP contribution in [-0.4, -0.2) is 25.1 Å². The third kappa shape index (κ3) is 4.02. The van der Waals surface area contributed by atoms with E-state index in [1.807, 2.05) is 6.92 Å². The van der Waals surface area contributed by atoms with Crippen molar-refractivity contribution in [3.8, 4) is 5.75 Å². The minimum Gasteiger partial charge on any atom is -0.495 e. The monoisotopic (exact) mass is 379 g/mol. The molecule has 0 fully saturated rings. The molecule has 0 aliphatic rings. The van der Waals surface area contributed by atoms with Gasteiger partial charge >= 0.3 is 5.97 Å². The van der Waals surface area contributed by atoms with Gasteiger partial charge in [-0.25, -0.2) is 4.79 Å². The van der Waals surface area contributed by atoms with Gasteiger partial charge in [0.25, 0.3) is 5.91 Å². The molecule has 0 saturated carbocycles. The van der Waals surface area contributed by atoms with Gasteiger partial charge in [-0.1, -0.05) is 11.6 Å². The van der Waals surface area contributed by atoms with E-state index >= 15 is 0 Å². The van der Waals surface area contributed by atoms with Crippen molar-refractivity contribution >= 4 is 29.2 Å². The number of furan rings is 1. The Balaban J connectivity index is 2.13. The average Bonchev–Trinajstić information content (AvgIpc) is 2.82. The fraction of sp³-hybridized carbons (Fsp3) is 0.368. The van der Waals surface area contributed by atoms with Gasteiger partial charge in [0.05, 0.1) is 12.8 Å². The Hall–Kier alpha value is -2.47. The molecule has 2 rings (SSSR count). The average molecular weight is 380 g/mol. The van der Waals surface area contributed by atoms with Gasteiger partial charge in [-0.05, 0) is 46.2 Å². The molecule has 0 bridgehead atoms. The van der Waals surface area contributed by atoms with E-state index in [1.54, 1.807) is 32.9 Å². The molecule has 1 N–H and O–H groups in total. The van der Waals surface area contributed by atoms with Crippen LogP contribution in [0.2, 0.25) is 5.02 Å². The number of amides is 1. The summed E-state index contributed by atoms with van der Waals surface area (Å²) in [5.41, 5.74) is 2.29. The Morgan fingerprint density at radius 3 is 2.35 bits per heavy atom. The maximum atomic E-state index is 12.4. The van der Waals surface area contributed by atoms with Gasteiger partial charge in [-0.3, -0.25) is 4.79 Å². The molecule has 0 unspecified atom stereocenters. The van der Waals surface area contributed by atoms with Crippen LogP contribution in [0.5, 0.6) is 5.75 Å². The lowest BCUT2D eigenvalue weighted by Gasteiger charge is -2.16. The fourth-order valence-electron chi connectivity index (χ4n) is 2.53. The smallest absolute Gasteiger partial charge is 0.342 e. The van der Waals surface area contributed by atoms with Crippen LogP contribution in [0.25, 0.3) is 0 Å². The molecule has 0 aliphatic heterocycles. The third-order valence-corrected chi connectivity index (χ3v) is 4.56. The zero-order valence-electron chi connectivity index (χ0n) is 15.7. The molecule has 140 valence electrons. The molecule has 1 aromatic heterocycles. The summed E-state index contributed by atoms with van der Waals surface area (Å²) in [6.07, 6.45) is -1.00. The molecule has 26 heavy (non-hydrogen) atoms. The van der Waals surface area contributed by atoms with Crippen LogP contribution >= 0.6 is 11.6 Å². The van der Waals surface area contributed by atoms with Crippen LogP contribution in [0, 0.1) is 27.7 Å². The highest BCUT2D eigenvalue weighted by molar-refractivity contribution is 6.31. The summed E-state index contributed by atoms with van der Waals surface area (Å²) in [4.78, 5) is 24.8. The summed E-state index contributed by atoms with van der Waals surface area (Å²) in [6, 6.07) is 3.31. The zero-order chi connectivity index (χ0) is 19.6. The minimum atomic E-state index is -1.00. The van der Waals surface area contributed by atoms with Crippen molar-refractivity contribution in [3.05, 3.63) is 45.4 Å². The van der Waals surface area contributed by atoms with Crippen LogP contribution in [0.1, 0.15) is 39.9 Å². The number of esters is 1. The van der Waals surface area contributed by atoms with Crippen molar-refractivity contribution in [1.82, 2.24) is 0 Å². The van der Waals surface area contributed by atoms with E-state index in [4.69, 9.17) is 25.5 Å². The number of anilines is 1. The molecule has 0 spiro atoms. The number of halogens is 1. The molecule has 0 saturated heterocycles. The van der Waals surface area contributed by atoms with Gasteiger partial charge in [0, 0.05) is 16.7 Å². The molecule has 2 aromatic rings. The second-order valence-electron chi connectivity index (χ2n) is 6.05. The predicted molar refractivity (Wildman–Crippen MR) is 99.2 cm³/mol. The van der Waals surface area contributed by atoms with E-state index < -0.39 is 18.0 Å². The van der Waals surface area contributed by atoms with Gasteiger partial charge in [0.1, 0.15) is 22.8 Å². The van der Waals surface area contributed by atoms with Crippen molar-refractivity contribution in [3.63, 3.8) is 0 Å². The van der Waals surface area contributed by atoms with Crippen LogP contribution < -0.4 is 10.1 Å². The molecule has 0 aliphatic carbocycles. The van der Waals surface area contributed by atoms with E-state index in [0.717, 1.165) is 5.56 Å². The van der Waals surface area contributed by atoms with Crippen molar-refractivity contribution in [1.29, 1.82) is 0 Å². The molecule has 1 heterocycles. The summed E-state index contributed by atoms with van der Waals surface area (Å²) < 4.78 is 16.0. The standard InChI is InChI=1S/C19H22ClNO5/c1-9-7-15(16(24-6)8-14(9)20)21-18(22)13(5)26-19(23)17-10(2)11(3)25-12(17)4/h7-8,13H,1-6H3,(H,21,22)/t13-/m1/s1. The second kappa shape index (κ2) is 7.83. The van der Waals surface area contributed by atoms with Gasteiger partial charge < -0.3 is 19.2 Å². The van der Waals surface area contributed by atoms with Crippen LogP contribution in [0.4, 0.5) is 5.69 Å². The number of ether oxygens (including phenoxy) is 2. The van der Waals surface area contributed by atoms with Crippen LogP contribution in [-0.2, 0) is 9.53 Å². The Labute approximate surface area is 157 Å². The lowest BCUT2D eigenvalue weighted by molar-refractivity contribution is -0.123. The van der Waals surface area contributed by atoms with E-state index in [0.29, 0.717) is 39.1 Å². The summed E-state index contributed by atoms with van der Waals surface area (Å²) in [5.74, 6) is 0.456. The third-order valence-electron chi connectivity index (χ3n) is 4.16. The van der Waals surface area contributed by atoms with Crippen LogP contribution in [0.3, 0.4) is 0 Å². The van der Waals surface area contributed by atoms with Gasteiger partial charge in [-0.2, -0.15) is 0 Å². The SMILES string of the molecule is COc1cc(Cl)c(C)cc1NC(=O)[C@@H](C)OC(=O)c1c(C)oc(C)c1C. The van der Waals surface area contributed by atoms with Crippen molar-refractivity contribution in [2.75, 3.05) is 12.4 Å². The Morgan fingerprint density at radius 1 is 1.15 bits per heavy atom. The number of aryl methyl sites for hydroxylation is 3. The number of carbonyl (C=O) groups is 2. The maximum absolute atomic E-state index is 12.4.